The normalized spacial score (nSPS) is 25.7. The number of cyclic esters (lactones) is 1. The summed E-state index contributed by atoms with van der Waals surface area (Å²) in [7, 11) is 3.28. The summed E-state index contributed by atoms with van der Waals surface area (Å²) in [6.07, 6.45) is 1.32. The van der Waals surface area contributed by atoms with E-state index in [0.29, 0.717) is 31.1 Å². The van der Waals surface area contributed by atoms with Crippen molar-refractivity contribution in [3.63, 3.8) is 0 Å². The number of likely N-dealkylation sites (tertiary alicyclic amines) is 1. The Morgan fingerprint density at radius 2 is 1.76 bits per heavy atom. The summed E-state index contributed by atoms with van der Waals surface area (Å²) < 4.78 is 28.7. The molecule has 0 N–H and O–H groups in total. The van der Waals surface area contributed by atoms with Gasteiger partial charge in [-0.25, -0.2) is 4.79 Å². The van der Waals surface area contributed by atoms with E-state index in [1.807, 2.05) is 57.7 Å². The summed E-state index contributed by atoms with van der Waals surface area (Å²) >= 11 is 0. The number of esters is 1. The van der Waals surface area contributed by atoms with E-state index in [0.717, 1.165) is 18.4 Å². The largest absolute Gasteiger partial charge is 0.493 e. The number of benzene rings is 1. The van der Waals surface area contributed by atoms with E-state index in [9.17, 15) is 9.59 Å². The van der Waals surface area contributed by atoms with Gasteiger partial charge in [-0.3, -0.25) is 9.69 Å². The number of nitrogens with zero attached hydrogens (tertiary/aromatic N) is 1. The fraction of sp³-hybridized carbons (Fsp3) is 0.733. The molecule has 0 radical (unpaired) electrons. The van der Waals surface area contributed by atoms with Gasteiger partial charge in [0.15, 0.2) is 11.5 Å². The molecular weight excluding hydrogens is 486 g/mol. The molecular formula is C30H47NO7. The summed E-state index contributed by atoms with van der Waals surface area (Å²) in [6.45, 7) is 15.1. The van der Waals surface area contributed by atoms with Gasteiger partial charge < -0.3 is 23.7 Å². The van der Waals surface area contributed by atoms with E-state index in [2.05, 4.69) is 13.8 Å². The van der Waals surface area contributed by atoms with E-state index in [4.69, 9.17) is 23.7 Å². The molecule has 8 nitrogen and oxygen atoms in total. The number of methoxy groups -OCH3 is 2. The highest BCUT2D eigenvalue weighted by molar-refractivity contribution is 5.75. The predicted octanol–water partition coefficient (Wildman–Crippen LogP) is 6.02. The summed E-state index contributed by atoms with van der Waals surface area (Å²) in [5.41, 5.74) is 0.286. The minimum atomic E-state index is -0.662. The summed E-state index contributed by atoms with van der Waals surface area (Å²) in [5.74, 6) is 1.53. The number of ether oxygens (including phenoxy) is 5. The molecule has 3 rings (SSSR count). The van der Waals surface area contributed by atoms with Crippen LogP contribution >= 0.6 is 0 Å². The van der Waals surface area contributed by atoms with Crippen molar-refractivity contribution >= 4 is 12.1 Å². The zero-order valence-corrected chi connectivity index (χ0v) is 24.6. The predicted molar refractivity (Wildman–Crippen MR) is 145 cm³/mol. The average Bonchev–Trinajstić information content (AvgIpc) is 3.42. The fourth-order valence-corrected chi connectivity index (χ4v) is 5.66. The van der Waals surface area contributed by atoms with Crippen LogP contribution in [0.1, 0.15) is 79.3 Å². The number of hydrogen-bond donors (Lipinski definition) is 0. The Balaban J connectivity index is 2.03. The van der Waals surface area contributed by atoms with Crippen molar-refractivity contribution < 1.29 is 33.3 Å². The van der Waals surface area contributed by atoms with Crippen LogP contribution < -0.4 is 9.47 Å². The molecule has 38 heavy (non-hydrogen) atoms. The topological polar surface area (TPSA) is 83.5 Å². The second-order valence-electron chi connectivity index (χ2n) is 12.2. The highest BCUT2D eigenvalue weighted by Crippen LogP contribution is 2.49. The highest BCUT2D eigenvalue weighted by atomic mass is 16.6. The first-order chi connectivity index (χ1) is 17.9. The van der Waals surface area contributed by atoms with Crippen molar-refractivity contribution in [2.24, 2.45) is 23.7 Å². The minimum Gasteiger partial charge on any atom is -0.493 e. The highest BCUT2D eigenvalue weighted by Gasteiger charge is 2.53. The van der Waals surface area contributed by atoms with Crippen molar-refractivity contribution in [1.29, 1.82) is 0 Å². The second-order valence-corrected chi connectivity index (χ2v) is 12.2. The van der Waals surface area contributed by atoms with Gasteiger partial charge >= 0.3 is 12.1 Å². The molecule has 2 aliphatic heterocycles. The van der Waals surface area contributed by atoms with Crippen LogP contribution in [-0.2, 0) is 19.0 Å². The number of amides is 1. The molecule has 1 amide bonds. The van der Waals surface area contributed by atoms with E-state index in [-0.39, 0.29) is 47.8 Å². The van der Waals surface area contributed by atoms with Crippen molar-refractivity contribution in [3.8, 4) is 11.5 Å². The summed E-state index contributed by atoms with van der Waals surface area (Å²) in [6, 6.07) is 5.33. The molecule has 0 aliphatic carbocycles. The molecule has 0 unspecified atom stereocenters. The third kappa shape index (κ3) is 6.93. The number of carbonyl (C=O) groups is 2. The molecule has 214 valence electrons. The van der Waals surface area contributed by atoms with Crippen LogP contribution in [0.2, 0.25) is 0 Å². The quantitative estimate of drug-likeness (QED) is 0.269. The molecule has 0 saturated carbocycles. The van der Waals surface area contributed by atoms with Crippen LogP contribution in [0.15, 0.2) is 18.2 Å². The maximum absolute atomic E-state index is 13.8. The maximum atomic E-state index is 13.8. The third-order valence-corrected chi connectivity index (χ3v) is 7.61. The average molecular weight is 534 g/mol. The smallest absolute Gasteiger partial charge is 0.411 e. The van der Waals surface area contributed by atoms with Gasteiger partial charge in [0.25, 0.3) is 0 Å². The molecule has 0 aromatic heterocycles. The Labute approximate surface area is 228 Å². The fourth-order valence-electron chi connectivity index (χ4n) is 5.66. The SMILES string of the molecule is COCCCOc1cc([C@H]2[C@H](C(C)C)C[C@@H]([C@@H]3C[C@@H](C(C)C)C(=O)O3)N2C(=O)OC(C)(C)C)ccc1OC. The van der Waals surface area contributed by atoms with Crippen molar-refractivity contribution in [2.45, 2.75) is 91.5 Å². The van der Waals surface area contributed by atoms with Crippen molar-refractivity contribution in [1.82, 2.24) is 4.90 Å². The molecule has 1 aromatic carbocycles. The zero-order chi connectivity index (χ0) is 28.2. The molecule has 5 atom stereocenters. The Kier molecular flexibility index (Phi) is 9.96. The van der Waals surface area contributed by atoms with E-state index in [1.165, 1.54) is 0 Å². The van der Waals surface area contributed by atoms with Crippen molar-refractivity contribution in [2.75, 3.05) is 27.4 Å². The molecule has 8 heteroatoms. The first-order valence-corrected chi connectivity index (χ1v) is 13.9. The molecule has 2 fully saturated rings. The Morgan fingerprint density at radius 1 is 1.05 bits per heavy atom. The first-order valence-electron chi connectivity index (χ1n) is 13.9. The lowest BCUT2D eigenvalue weighted by molar-refractivity contribution is -0.147. The van der Waals surface area contributed by atoms with Gasteiger partial charge in [0.1, 0.15) is 11.7 Å². The van der Waals surface area contributed by atoms with Gasteiger partial charge in [0.2, 0.25) is 0 Å². The van der Waals surface area contributed by atoms with Crippen LogP contribution in [0.25, 0.3) is 0 Å². The lowest BCUT2D eigenvalue weighted by atomic mass is 9.83. The second kappa shape index (κ2) is 12.6. The third-order valence-electron chi connectivity index (χ3n) is 7.61. The maximum Gasteiger partial charge on any atom is 0.411 e. The molecule has 0 spiro atoms. The van der Waals surface area contributed by atoms with Crippen LogP contribution in [-0.4, -0.2) is 62.1 Å². The van der Waals surface area contributed by atoms with Crippen LogP contribution in [0.4, 0.5) is 4.79 Å². The molecule has 0 bridgehead atoms. The molecule has 1 aromatic rings. The van der Waals surface area contributed by atoms with Gasteiger partial charge in [-0.2, -0.15) is 0 Å². The van der Waals surface area contributed by atoms with E-state index < -0.39 is 11.7 Å². The monoisotopic (exact) mass is 533 g/mol. The summed E-state index contributed by atoms with van der Waals surface area (Å²) in [4.78, 5) is 28.4. The number of hydrogen-bond acceptors (Lipinski definition) is 7. The van der Waals surface area contributed by atoms with Crippen LogP contribution in [0.5, 0.6) is 11.5 Å². The number of carbonyl (C=O) groups excluding carboxylic acids is 2. The van der Waals surface area contributed by atoms with Crippen LogP contribution in [0.3, 0.4) is 0 Å². The van der Waals surface area contributed by atoms with E-state index >= 15 is 0 Å². The standard InChI is InChI=1S/C30H47NO7/c1-18(2)21-16-23(25-17-22(19(3)4)28(32)37-25)31(29(33)38-30(5,6)7)27(21)20-11-12-24(35-9)26(15-20)36-14-10-13-34-8/h11-12,15,18-19,21-23,25,27H,10,13-14,16-17H2,1-9H3/t21-,22-,23-,25-,27-/m0/s1. The van der Waals surface area contributed by atoms with Crippen LogP contribution in [0, 0.1) is 23.7 Å². The molecule has 2 saturated heterocycles. The van der Waals surface area contributed by atoms with Crippen molar-refractivity contribution in [3.05, 3.63) is 23.8 Å². The van der Waals surface area contributed by atoms with E-state index in [1.54, 1.807) is 14.2 Å². The van der Waals surface area contributed by atoms with Gasteiger partial charge in [0, 0.05) is 20.1 Å². The molecule has 2 heterocycles. The lowest BCUT2D eigenvalue weighted by Crippen LogP contribution is -2.46. The van der Waals surface area contributed by atoms with Gasteiger partial charge in [-0.15, -0.1) is 0 Å². The number of rotatable bonds is 10. The molecule has 2 aliphatic rings. The Bertz CT molecular complexity index is 954. The zero-order valence-electron chi connectivity index (χ0n) is 24.6. The summed E-state index contributed by atoms with van der Waals surface area (Å²) in [5, 5.41) is 0. The first kappa shape index (κ1) is 30.1. The van der Waals surface area contributed by atoms with Gasteiger partial charge in [-0.05, 0) is 69.1 Å². The minimum absolute atomic E-state index is 0.138. The Morgan fingerprint density at radius 3 is 2.32 bits per heavy atom. The lowest BCUT2D eigenvalue weighted by Gasteiger charge is -2.36. The Hall–Kier alpha value is -2.48. The van der Waals surface area contributed by atoms with Gasteiger partial charge in [0.05, 0.1) is 31.7 Å². The van der Waals surface area contributed by atoms with Gasteiger partial charge in [-0.1, -0.05) is 33.8 Å².